The largest absolute Gasteiger partial charge is 0.465 e. The molecule has 13 atom stereocenters. The highest BCUT2D eigenvalue weighted by atomic mass is 16.7. The number of fused-ring (bicyclic) bond motifs is 2. The zero-order valence-electron chi connectivity index (χ0n) is 29.6. The van der Waals surface area contributed by atoms with E-state index >= 15 is 0 Å². The monoisotopic (exact) mass is 680 g/mol. The second-order valence-corrected chi connectivity index (χ2v) is 14.7. The van der Waals surface area contributed by atoms with Crippen molar-refractivity contribution < 1.29 is 58.4 Å². The van der Waals surface area contributed by atoms with E-state index in [0.717, 1.165) is 24.0 Å². The minimum absolute atomic E-state index is 0.0160. The fraction of sp³-hybridized carbons (Fsp3) is 0.778. The third kappa shape index (κ3) is 7.91. The van der Waals surface area contributed by atoms with Gasteiger partial charge in [0.2, 0.25) is 0 Å². The summed E-state index contributed by atoms with van der Waals surface area (Å²) < 4.78 is 35.1. The van der Waals surface area contributed by atoms with Crippen molar-refractivity contribution in [1.29, 1.82) is 0 Å². The van der Waals surface area contributed by atoms with Crippen molar-refractivity contribution in [2.75, 3.05) is 26.9 Å². The van der Waals surface area contributed by atoms with Crippen molar-refractivity contribution in [3.8, 4) is 0 Å². The molecule has 0 spiro atoms. The Bertz CT molecular complexity index is 1240. The Balaban J connectivity index is 1.80. The number of carbonyl (C=O) groups excluding carboxylic acids is 2. The van der Waals surface area contributed by atoms with Crippen LogP contribution in [0.15, 0.2) is 35.5 Å². The summed E-state index contributed by atoms with van der Waals surface area (Å²) in [6.07, 6.45) is -4.53. The molecule has 12 heteroatoms. The predicted octanol–water partition coefficient (Wildman–Crippen LogP) is 2.61. The van der Waals surface area contributed by atoms with Crippen molar-refractivity contribution >= 4 is 11.9 Å². The number of rotatable bonds is 12. The highest BCUT2D eigenvalue weighted by Gasteiger charge is 2.56. The zero-order chi connectivity index (χ0) is 35.7. The Labute approximate surface area is 284 Å². The number of carbonyl (C=O) groups is 2. The molecule has 272 valence electrons. The molecule has 0 aromatic rings. The van der Waals surface area contributed by atoms with Gasteiger partial charge in [-0.25, -0.2) is 0 Å². The molecule has 0 amide bonds. The van der Waals surface area contributed by atoms with Gasteiger partial charge in [-0.2, -0.15) is 0 Å². The van der Waals surface area contributed by atoms with Crippen LogP contribution in [0, 0.1) is 29.1 Å². The molecule has 4 aliphatic rings. The van der Waals surface area contributed by atoms with E-state index in [1.807, 2.05) is 20.8 Å². The van der Waals surface area contributed by atoms with Gasteiger partial charge in [-0.05, 0) is 57.4 Å². The number of esters is 2. The van der Waals surface area contributed by atoms with Crippen LogP contribution in [0.4, 0.5) is 0 Å². The summed E-state index contributed by atoms with van der Waals surface area (Å²) in [5.74, 6) is -1.65. The van der Waals surface area contributed by atoms with Crippen LogP contribution >= 0.6 is 0 Å². The normalized spacial score (nSPS) is 40.2. The molecular weight excluding hydrogens is 624 g/mol. The first-order chi connectivity index (χ1) is 22.4. The SMILES string of the molecule is C=CC(C)(C)OC[C@H]1O[C@H](O[C@@H]2C3=C([C@H](C)COC(C)=O)C[C@H](O)[C@]3(C)/C=C3/[C@@H](COC)CC[C@H]3[C@@H](C)[C@H]2O)[C@H](O)[C@@H](O)[C@@H]1OC(C)=O. The van der Waals surface area contributed by atoms with Crippen LogP contribution in [0.25, 0.3) is 0 Å². The number of methoxy groups -OCH3 is 1. The minimum atomic E-state index is -1.67. The van der Waals surface area contributed by atoms with Crippen LogP contribution in [0.3, 0.4) is 0 Å². The lowest BCUT2D eigenvalue weighted by Crippen LogP contribution is -2.62. The summed E-state index contributed by atoms with van der Waals surface area (Å²) in [5.41, 5.74) is 0.750. The molecule has 3 aliphatic carbocycles. The Hall–Kier alpha value is -2.16. The van der Waals surface area contributed by atoms with Crippen LogP contribution in [0.1, 0.15) is 67.7 Å². The van der Waals surface area contributed by atoms with Gasteiger partial charge in [-0.1, -0.05) is 37.1 Å². The highest BCUT2D eigenvalue weighted by Crippen LogP contribution is 2.56. The van der Waals surface area contributed by atoms with Gasteiger partial charge in [-0.3, -0.25) is 9.59 Å². The van der Waals surface area contributed by atoms with Crippen LogP contribution in [-0.2, 0) is 38.0 Å². The second kappa shape index (κ2) is 15.4. The third-order valence-corrected chi connectivity index (χ3v) is 10.8. The summed E-state index contributed by atoms with van der Waals surface area (Å²) in [7, 11) is 1.66. The van der Waals surface area contributed by atoms with E-state index in [4.69, 9.17) is 28.4 Å². The van der Waals surface area contributed by atoms with Crippen molar-refractivity contribution in [2.45, 2.75) is 122 Å². The number of hydrogen-bond acceptors (Lipinski definition) is 12. The lowest BCUT2D eigenvalue weighted by atomic mass is 9.68. The zero-order valence-corrected chi connectivity index (χ0v) is 29.6. The van der Waals surface area contributed by atoms with E-state index < -0.39 is 72.0 Å². The maximum atomic E-state index is 12.2. The van der Waals surface area contributed by atoms with Crippen LogP contribution < -0.4 is 0 Å². The number of aliphatic hydroxyl groups is 4. The van der Waals surface area contributed by atoms with Gasteiger partial charge < -0.3 is 48.8 Å². The fourth-order valence-corrected chi connectivity index (χ4v) is 7.89. The first-order valence-corrected chi connectivity index (χ1v) is 17.0. The van der Waals surface area contributed by atoms with E-state index in [-0.39, 0.29) is 43.3 Å². The van der Waals surface area contributed by atoms with Gasteiger partial charge in [0, 0.05) is 38.2 Å². The van der Waals surface area contributed by atoms with Gasteiger partial charge in [0.05, 0.1) is 37.6 Å². The van der Waals surface area contributed by atoms with E-state index in [1.54, 1.807) is 27.0 Å². The van der Waals surface area contributed by atoms with Crippen LogP contribution in [0.5, 0.6) is 0 Å². The predicted molar refractivity (Wildman–Crippen MR) is 174 cm³/mol. The quantitative estimate of drug-likeness (QED) is 0.176. The van der Waals surface area contributed by atoms with Crippen LogP contribution in [0.2, 0.25) is 0 Å². The van der Waals surface area contributed by atoms with Crippen molar-refractivity contribution in [3.63, 3.8) is 0 Å². The van der Waals surface area contributed by atoms with Gasteiger partial charge >= 0.3 is 11.9 Å². The first-order valence-electron chi connectivity index (χ1n) is 17.0. The number of ether oxygens (including phenoxy) is 6. The molecule has 0 bridgehead atoms. The van der Waals surface area contributed by atoms with Gasteiger partial charge in [0.25, 0.3) is 0 Å². The topological polar surface area (TPSA) is 170 Å². The summed E-state index contributed by atoms with van der Waals surface area (Å²) in [6, 6.07) is 0. The molecule has 12 nitrogen and oxygen atoms in total. The Kier molecular flexibility index (Phi) is 12.4. The molecule has 4 rings (SSSR count). The molecule has 0 radical (unpaired) electrons. The smallest absolute Gasteiger partial charge is 0.303 e. The Morgan fingerprint density at radius 1 is 1.10 bits per heavy atom. The highest BCUT2D eigenvalue weighted by molar-refractivity contribution is 5.66. The fourth-order valence-electron chi connectivity index (χ4n) is 7.89. The molecule has 1 saturated heterocycles. The van der Waals surface area contributed by atoms with Crippen LogP contribution in [-0.4, -0.2) is 114 Å². The first kappa shape index (κ1) is 38.6. The lowest BCUT2D eigenvalue weighted by molar-refractivity contribution is -0.320. The van der Waals surface area contributed by atoms with Crippen molar-refractivity contribution in [1.82, 2.24) is 0 Å². The Morgan fingerprint density at radius 3 is 2.40 bits per heavy atom. The van der Waals surface area contributed by atoms with Gasteiger partial charge in [0.1, 0.15) is 24.4 Å². The van der Waals surface area contributed by atoms with E-state index in [2.05, 4.69) is 12.7 Å². The maximum Gasteiger partial charge on any atom is 0.303 e. The average molecular weight is 681 g/mol. The summed E-state index contributed by atoms with van der Waals surface area (Å²) >= 11 is 0. The second-order valence-electron chi connectivity index (χ2n) is 14.7. The number of aliphatic hydroxyl groups excluding tert-OH is 4. The summed E-state index contributed by atoms with van der Waals surface area (Å²) in [4.78, 5) is 23.7. The molecule has 0 aromatic heterocycles. The van der Waals surface area contributed by atoms with Crippen molar-refractivity contribution in [3.05, 3.63) is 35.5 Å². The lowest BCUT2D eigenvalue weighted by Gasteiger charge is -2.47. The third-order valence-electron chi connectivity index (χ3n) is 10.8. The minimum Gasteiger partial charge on any atom is -0.465 e. The summed E-state index contributed by atoms with van der Waals surface area (Å²) in [5, 5.41) is 46.6. The van der Waals surface area contributed by atoms with E-state index in [9.17, 15) is 30.0 Å². The van der Waals surface area contributed by atoms with E-state index in [1.165, 1.54) is 13.8 Å². The van der Waals surface area contributed by atoms with E-state index in [0.29, 0.717) is 12.2 Å². The Morgan fingerprint density at radius 2 is 1.79 bits per heavy atom. The van der Waals surface area contributed by atoms with Crippen molar-refractivity contribution in [2.24, 2.45) is 29.1 Å². The van der Waals surface area contributed by atoms with Gasteiger partial charge in [0.15, 0.2) is 12.4 Å². The number of hydrogen-bond donors (Lipinski definition) is 4. The molecule has 1 aliphatic heterocycles. The standard InChI is InChI=1S/C36H56O12/c1-10-35(6,7)45-17-26-32(46-21(5)38)30(41)31(42)34(47-26)48-33-28-24(18(2)15-44-20(4)37)13-27(39)36(28,8)14-25-22(16-43-9)11-12-23(25)19(3)29(33)40/h10,14,18-19,22-23,26-27,29-34,39-42H,1,11-13,15-17H2,2-9H3/b25-14-/t18-,19-,22-,23+,26-,27+,29-,30-,31-,32-,33-,34-,36+/m1/s1. The molecule has 1 saturated carbocycles. The molecule has 0 aromatic carbocycles. The molecule has 0 unspecified atom stereocenters. The molecule has 1 heterocycles. The molecule has 2 fully saturated rings. The maximum absolute atomic E-state index is 12.2. The molecular formula is C36H56O12. The van der Waals surface area contributed by atoms with Gasteiger partial charge in [-0.15, -0.1) is 6.58 Å². The summed E-state index contributed by atoms with van der Waals surface area (Å²) in [6.45, 7) is 16.1. The molecule has 4 N–H and O–H groups in total. The average Bonchev–Trinajstić information content (AvgIpc) is 3.52. The molecule has 48 heavy (non-hydrogen) atoms.